The van der Waals surface area contributed by atoms with Gasteiger partial charge < -0.3 is 10.4 Å². The van der Waals surface area contributed by atoms with Gasteiger partial charge in [-0.3, -0.25) is 4.79 Å². The van der Waals surface area contributed by atoms with Crippen molar-refractivity contribution in [2.45, 2.75) is 82.8 Å². The van der Waals surface area contributed by atoms with Crippen LogP contribution in [0, 0.1) is 18.3 Å². The topological polar surface area (TPSA) is 49.3 Å². The summed E-state index contributed by atoms with van der Waals surface area (Å²) in [5.41, 5.74) is 0.0412. The monoisotopic (exact) mass is 427 g/mol. The minimum atomic E-state index is -1.06. The molecule has 5 rings (SSSR count). The highest BCUT2D eigenvalue weighted by molar-refractivity contribution is 6.42. The Hall–Kier alpha value is -1.00. The fraction of sp³-hybridized carbons (Fsp3) is 0.682. The molecule has 0 spiro atoms. The molecule has 1 amide bonds. The van der Waals surface area contributed by atoms with Crippen molar-refractivity contribution in [2.75, 3.05) is 0 Å². The summed E-state index contributed by atoms with van der Waals surface area (Å²) in [7, 11) is 0. The first-order valence-electron chi connectivity index (χ1n) is 10.4. The molecular formula is C22H28Cl2FNO2. The summed E-state index contributed by atoms with van der Waals surface area (Å²) in [5.74, 6) is 0.153. The summed E-state index contributed by atoms with van der Waals surface area (Å²) in [5, 5.41) is 14.3. The van der Waals surface area contributed by atoms with Crippen molar-refractivity contribution in [3.63, 3.8) is 0 Å². The third-order valence-electron chi connectivity index (χ3n) is 7.62. The van der Waals surface area contributed by atoms with Gasteiger partial charge in [0.25, 0.3) is 0 Å². The van der Waals surface area contributed by atoms with Gasteiger partial charge in [0.15, 0.2) is 0 Å². The molecule has 1 aromatic carbocycles. The van der Waals surface area contributed by atoms with Crippen molar-refractivity contribution in [3.8, 4) is 5.75 Å². The summed E-state index contributed by atoms with van der Waals surface area (Å²) in [4.78, 5) is 13.1. The number of alkyl halides is 1. The number of benzene rings is 1. The summed E-state index contributed by atoms with van der Waals surface area (Å²) < 4.78 is 14.8. The predicted octanol–water partition coefficient (Wildman–Crippen LogP) is 6.42. The van der Waals surface area contributed by atoms with E-state index in [1.54, 1.807) is 0 Å². The molecule has 28 heavy (non-hydrogen) atoms. The van der Waals surface area contributed by atoms with Gasteiger partial charge in [-0.15, -0.1) is 0 Å². The molecule has 0 radical (unpaired) electrons. The number of carbonyl (C=O) groups is 1. The Morgan fingerprint density at radius 2 is 1.75 bits per heavy atom. The maximum Gasteiger partial charge on any atom is 0.223 e. The Labute approximate surface area is 176 Å². The molecule has 4 aliphatic carbocycles. The molecule has 0 saturated heterocycles. The van der Waals surface area contributed by atoms with E-state index in [-0.39, 0.29) is 34.1 Å². The lowest BCUT2D eigenvalue weighted by molar-refractivity contribution is -0.128. The van der Waals surface area contributed by atoms with Crippen molar-refractivity contribution >= 4 is 29.1 Å². The van der Waals surface area contributed by atoms with Crippen molar-refractivity contribution in [1.82, 2.24) is 5.32 Å². The minimum Gasteiger partial charge on any atom is -0.508 e. The Morgan fingerprint density at radius 3 is 2.32 bits per heavy atom. The van der Waals surface area contributed by atoms with Gasteiger partial charge in [0.2, 0.25) is 5.91 Å². The number of hydrogen-bond donors (Lipinski definition) is 2. The number of fused-ring (bicyclic) bond motifs is 3. The van der Waals surface area contributed by atoms with E-state index in [1.807, 2.05) is 6.92 Å². The Kier molecular flexibility index (Phi) is 5.33. The summed E-state index contributed by atoms with van der Waals surface area (Å²) in [6.45, 7) is 1.81. The zero-order valence-electron chi connectivity index (χ0n) is 16.3. The number of nitrogens with one attached hydrogen (secondary N) is 1. The first-order chi connectivity index (χ1) is 13.2. The molecule has 2 bridgehead atoms. The molecule has 0 aliphatic heterocycles. The van der Waals surface area contributed by atoms with Gasteiger partial charge in [-0.1, -0.05) is 36.0 Å². The normalized spacial score (nSPS) is 31.1. The number of rotatable bonds is 4. The molecule has 0 heterocycles. The van der Waals surface area contributed by atoms with Crippen molar-refractivity contribution in [2.24, 2.45) is 11.3 Å². The van der Waals surface area contributed by atoms with Crippen LogP contribution in [0.2, 0.25) is 10.0 Å². The van der Waals surface area contributed by atoms with Crippen LogP contribution < -0.4 is 5.32 Å². The van der Waals surface area contributed by atoms with Gasteiger partial charge in [0, 0.05) is 17.5 Å². The number of hydrogen-bond acceptors (Lipinski definition) is 2. The molecule has 4 saturated carbocycles. The first-order valence-corrected chi connectivity index (χ1v) is 11.2. The number of carbonyl (C=O) groups excluding carboxylic acids is 1. The molecule has 0 unspecified atom stereocenters. The number of halogens is 3. The largest absolute Gasteiger partial charge is 0.508 e. The Balaban J connectivity index is 1.75. The molecule has 3 nitrogen and oxygen atoms in total. The first kappa shape index (κ1) is 20.3. The van der Waals surface area contributed by atoms with Gasteiger partial charge in [-0.25, -0.2) is 4.39 Å². The third-order valence-corrected chi connectivity index (χ3v) is 8.43. The standard InChI is InChI=1S/C22H28Cl2FNO2/c1-13-16(27)12-15(23)18(24)17(13)19(26-20(28)14-4-2-3-5-14)21-6-9-22(25,10-7-21)11-8-21/h12,14,19,27H,2-11H2,1H3,(H,26,28)/t19-,21?,22?/m1/s1. The van der Waals surface area contributed by atoms with Gasteiger partial charge in [0.05, 0.1) is 16.1 Å². The van der Waals surface area contributed by atoms with Crippen LogP contribution in [0.25, 0.3) is 0 Å². The zero-order chi connectivity index (χ0) is 20.1. The van der Waals surface area contributed by atoms with Crippen LogP contribution in [0.4, 0.5) is 4.39 Å². The fourth-order valence-electron chi connectivity index (χ4n) is 5.65. The van der Waals surface area contributed by atoms with Gasteiger partial charge in [0.1, 0.15) is 11.4 Å². The smallest absolute Gasteiger partial charge is 0.223 e. The van der Waals surface area contributed by atoms with E-state index in [1.165, 1.54) is 6.07 Å². The van der Waals surface area contributed by atoms with Crippen LogP contribution in [0.1, 0.15) is 81.4 Å². The Bertz CT molecular complexity index is 740. The van der Waals surface area contributed by atoms with Crippen LogP contribution in [0.3, 0.4) is 0 Å². The zero-order valence-corrected chi connectivity index (χ0v) is 17.8. The second-order valence-corrected chi connectivity index (χ2v) is 9.95. The highest BCUT2D eigenvalue weighted by atomic mass is 35.5. The van der Waals surface area contributed by atoms with Crippen LogP contribution in [0.15, 0.2) is 6.07 Å². The minimum absolute atomic E-state index is 0.0261. The average Bonchev–Trinajstić information content (AvgIpc) is 3.22. The van der Waals surface area contributed by atoms with Crippen molar-refractivity contribution < 1.29 is 14.3 Å². The van der Waals surface area contributed by atoms with E-state index in [0.29, 0.717) is 54.7 Å². The van der Waals surface area contributed by atoms with Crippen LogP contribution in [0.5, 0.6) is 5.75 Å². The van der Waals surface area contributed by atoms with Gasteiger partial charge in [-0.2, -0.15) is 0 Å². The molecule has 6 heteroatoms. The lowest BCUT2D eigenvalue weighted by Crippen LogP contribution is -2.51. The Morgan fingerprint density at radius 1 is 1.18 bits per heavy atom. The molecule has 2 N–H and O–H groups in total. The molecule has 4 aliphatic rings. The van der Waals surface area contributed by atoms with E-state index < -0.39 is 5.67 Å². The van der Waals surface area contributed by atoms with E-state index >= 15 is 0 Å². The van der Waals surface area contributed by atoms with Crippen LogP contribution >= 0.6 is 23.2 Å². The average molecular weight is 428 g/mol. The number of phenols is 1. The SMILES string of the molecule is Cc1c(O)cc(Cl)c(Cl)c1[C@@H](NC(=O)C1CCCC1)C12CCC(F)(CC1)CC2. The fourth-order valence-corrected chi connectivity index (χ4v) is 6.16. The van der Waals surface area contributed by atoms with E-state index in [0.717, 1.165) is 25.7 Å². The van der Waals surface area contributed by atoms with Crippen molar-refractivity contribution in [3.05, 3.63) is 27.2 Å². The lowest BCUT2D eigenvalue weighted by atomic mass is 9.55. The maximum absolute atomic E-state index is 14.8. The molecule has 4 fully saturated rings. The maximum atomic E-state index is 14.8. The van der Waals surface area contributed by atoms with Crippen LogP contribution in [-0.2, 0) is 4.79 Å². The second kappa shape index (κ2) is 7.36. The molecule has 154 valence electrons. The summed E-state index contributed by atoms with van der Waals surface area (Å²) in [6.07, 6.45) is 7.67. The van der Waals surface area contributed by atoms with Gasteiger partial charge >= 0.3 is 0 Å². The lowest BCUT2D eigenvalue weighted by Gasteiger charge is -2.54. The number of amides is 1. The van der Waals surface area contributed by atoms with Crippen LogP contribution in [-0.4, -0.2) is 16.7 Å². The third kappa shape index (κ3) is 3.41. The molecule has 1 aromatic rings. The van der Waals surface area contributed by atoms with E-state index in [9.17, 15) is 14.3 Å². The van der Waals surface area contributed by atoms with E-state index in [4.69, 9.17) is 23.2 Å². The highest BCUT2D eigenvalue weighted by Crippen LogP contribution is 2.60. The van der Waals surface area contributed by atoms with E-state index in [2.05, 4.69) is 5.32 Å². The summed E-state index contributed by atoms with van der Waals surface area (Å²) >= 11 is 12.9. The second-order valence-electron chi connectivity index (χ2n) is 9.17. The molecular weight excluding hydrogens is 400 g/mol. The molecule has 1 atom stereocenters. The highest BCUT2D eigenvalue weighted by Gasteiger charge is 2.54. The predicted molar refractivity (Wildman–Crippen MR) is 110 cm³/mol. The number of phenolic OH excluding ortho intramolecular Hbond substituents is 1. The summed E-state index contributed by atoms with van der Waals surface area (Å²) in [6, 6.07) is 1.09. The van der Waals surface area contributed by atoms with Gasteiger partial charge in [-0.05, 0) is 69.3 Å². The quantitative estimate of drug-likeness (QED) is 0.582. The molecule has 0 aromatic heterocycles. The number of aromatic hydroxyl groups is 1. The van der Waals surface area contributed by atoms with Crippen molar-refractivity contribution in [1.29, 1.82) is 0 Å².